The number of aromatic nitrogens is 1. The first-order valence-electron chi connectivity index (χ1n) is 12.8. The Labute approximate surface area is 239 Å². The average Bonchev–Trinajstić information content (AvgIpc) is 2.93. The van der Waals surface area contributed by atoms with Crippen molar-refractivity contribution in [1.82, 2.24) is 9.88 Å². The van der Waals surface area contributed by atoms with E-state index in [2.05, 4.69) is 9.98 Å². The molecule has 0 radical (unpaired) electrons. The van der Waals surface area contributed by atoms with Gasteiger partial charge in [0.2, 0.25) is 11.6 Å². The lowest BCUT2D eigenvalue weighted by Gasteiger charge is -2.35. The zero-order valence-corrected chi connectivity index (χ0v) is 22.6. The van der Waals surface area contributed by atoms with Crippen LogP contribution >= 0.6 is 0 Å². The molecule has 4 rings (SSSR count). The number of esters is 1. The lowest BCUT2D eigenvalue weighted by molar-refractivity contribution is -0.144. The molecule has 15 heteroatoms. The van der Waals surface area contributed by atoms with E-state index in [1.807, 2.05) is 0 Å². The van der Waals surface area contributed by atoms with Gasteiger partial charge in [-0.25, -0.2) is 4.99 Å². The van der Waals surface area contributed by atoms with Crippen LogP contribution in [-0.2, 0) is 9.53 Å². The fourth-order valence-corrected chi connectivity index (χ4v) is 4.17. The Morgan fingerprint density at radius 3 is 2.38 bits per heavy atom. The minimum Gasteiger partial charge on any atom is -0.504 e. The summed E-state index contributed by atoms with van der Waals surface area (Å²) in [5, 5.41) is 17.9. The van der Waals surface area contributed by atoms with Crippen molar-refractivity contribution in [3.63, 3.8) is 0 Å². The minimum absolute atomic E-state index is 0.0453. The SMILES string of the molecule is CCOC(=O)CN1CCN(c2c(F)c(Oc3cccc(N=C(N)N)c3)nc(Oc3cc(C(=N)N)ccc3O)c2F)CC1. The number of nitrogens with one attached hydrogen (secondary N) is 1. The van der Waals surface area contributed by atoms with Crippen LogP contribution in [0.5, 0.6) is 29.0 Å². The summed E-state index contributed by atoms with van der Waals surface area (Å²) in [5.74, 6) is -5.08. The smallest absolute Gasteiger partial charge is 0.320 e. The number of ether oxygens (including phenoxy) is 3. The molecule has 13 nitrogen and oxygen atoms in total. The van der Waals surface area contributed by atoms with Gasteiger partial charge in [-0.15, -0.1) is 0 Å². The van der Waals surface area contributed by atoms with Gasteiger partial charge in [0.1, 0.15) is 17.3 Å². The molecule has 0 atom stereocenters. The van der Waals surface area contributed by atoms with Crippen LogP contribution in [0.1, 0.15) is 12.5 Å². The number of halogens is 2. The van der Waals surface area contributed by atoms with Gasteiger partial charge in [-0.1, -0.05) is 6.07 Å². The second-order valence-corrected chi connectivity index (χ2v) is 9.10. The molecule has 0 aliphatic carbocycles. The minimum atomic E-state index is -1.15. The highest BCUT2D eigenvalue weighted by Crippen LogP contribution is 2.40. The molecule has 222 valence electrons. The van der Waals surface area contributed by atoms with E-state index < -0.39 is 40.8 Å². The Morgan fingerprint density at radius 1 is 1.05 bits per heavy atom. The molecule has 2 heterocycles. The van der Waals surface area contributed by atoms with Crippen molar-refractivity contribution < 1.29 is 32.9 Å². The Kier molecular flexibility index (Phi) is 9.22. The molecule has 2 aromatic carbocycles. The van der Waals surface area contributed by atoms with Crippen LogP contribution in [0.2, 0.25) is 0 Å². The Bertz CT molecular complexity index is 1510. The number of amidine groups is 1. The molecule has 3 aromatic rings. The van der Waals surface area contributed by atoms with Crippen LogP contribution in [0.4, 0.5) is 20.2 Å². The summed E-state index contributed by atoms with van der Waals surface area (Å²) in [6.07, 6.45) is 0. The maximum Gasteiger partial charge on any atom is 0.320 e. The van der Waals surface area contributed by atoms with E-state index in [0.717, 1.165) is 0 Å². The van der Waals surface area contributed by atoms with Crippen LogP contribution in [0.25, 0.3) is 0 Å². The van der Waals surface area contributed by atoms with Gasteiger partial charge < -0.3 is 41.4 Å². The van der Waals surface area contributed by atoms with Crippen molar-refractivity contribution in [1.29, 1.82) is 5.41 Å². The maximum atomic E-state index is 15.9. The first-order chi connectivity index (χ1) is 20.0. The van der Waals surface area contributed by atoms with E-state index in [9.17, 15) is 9.90 Å². The zero-order valence-electron chi connectivity index (χ0n) is 22.6. The molecule has 0 amide bonds. The van der Waals surface area contributed by atoms with Crippen LogP contribution in [0.3, 0.4) is 0 Å². The van der Waals surface area contributed by atoms with E-state index >= 15 is 8.78 Å². The van der Waals surface area contributed by atoms with Crippen molar-refractivity contribution >= 4 is 29.1 Å². The number of benzene rings is 2. The summed E-state index contributed by atoms with van der Waals surface area (Å²) in [7, 11) is 0. The molecular weight excluding hydrogens is 554 g/mol. The van der Waals surface area contributed by atoms with Crippen molar-refractivity contribution in [2.75, 3.05) is 44.2 Å². The van der Waals surface area contributed by atoms with E-state index in [4.69, 9.17) is 36.8 Å². The number of anilines is 1. The monoisotopic (exact) mass is 584 g/mol. The van der Waals surface area contributed by atoms with E-state index in [-0.39, 0.29) is 55.1 Å². The van der Waals surface area contributed by atoms with Crippen LogP contribution in [-0.4, -0.2) is 72.1 Å². The fraction of sp³-hybridized carbons (Fsp3) is 0.259. The number of phenols is 1. The standard InChI is InChI=1S/C27H30F2N8O5/c1-2-40-20(39)14-36-8-10-37(11-9-36)23-21(28)25(41-17-5-3-4-16(13-17)34-27(32)33)35-26(22(23)29)42-19-12-15(24(30)31)6-7-18(19)38/h3-7,12-13,38H,2,8-11,14H2,1H3,(H3,30,31)(H4,32,33,34). The van der Waals surface area contributed by atoms with Gasteiger partial charge in [0.05, 0.1) is 18.8 Å². The molecule has 1 saturated heterocycles. The highest BCUT2D eigenvalue weighted by molar-refractivity contribution is 5.95. The van der Waals surface area contributed by atoms with Gasteiger partial charge in [-0.05, 0) is 37.3 Å². The average molecular weight is 585 g/mol. The number of pyridine rings is 1. The number of guanidine groups is 1. The number of rotatable bonds is 10. The number of nitrogens with two attached hydrogens (primary N) is 3. The number of carbonyl (C=O) groups is 1. The molecule has 1 aliphatic rings. The molecule has 0 spiro atoms. The van der Waals surface area contributed by atoms with Gasteiger partial charge in [0.25, 0.3) is 11.8 Å². The number of aliphatic imine (C=N–C) groups is 1. The lowest BCUT2D eigenvalue weighted by atomic mass is 10.2. The molecule has 0 saturated carbocycles. The molecule has 0 bridgehead atoms. The van der Waals surface area contributed by atoms with E-state index in [1.54, 1.807) is 24.0 Å². The summed E-state index contributed by atoms with van der Waals surface area (Å²) in [6.45, 7) is 2.93. The lowest BCUT2D eigenvalue weighted by Crippen LogP contribution is -2.48. The Balaban J connectivity index is 1.71. The number of hydrogen-bond donors (Lipinski definition) is 5. The normalized spacial score (nSPS) is 13.4. The first-order valence-corrected chi connectivity index (χ1v) is 12.8. The summed E-state index contributed by atoms with van der Waals surface area (Å²) in [5.41, 5.74) is 16.4. The van der Waals surface area contributed by atoms with Crippen LogP contribution in [0, 0.1) is 17.0 Å². The zero-order chi connectivity index (χ0) is 30.4. The third-order valence-corrected chi connectivity index (χ3v) is 6.11. The summed E-state index contributed by atoms with van der Waals surface area (Å²) in [4.78, 5) is 23.0. The van der Waals surface area contributed by atoms with Crippen molar-refractivity contribution in [3.8, 4) is 29.0 Å². The molecule has 0 unspecified atom stereocenters. The van der Waals surface area contributed by atoms with E-state index in [0.29, 0.717) is 18.8 Å². The number of carbonyl (C=O) groups excluding carboxylic acids is 1. The van der Waals surface area contributed by atoms with Crippen molar-refractivity contribution in [2.45, 2.75) is 6.92 Å². The van der Waals surface area contributed by atoms with Gasteiger partial charge in [-0.3, -0.25) is 15.1 Å². The molecule has 8 N–H and O–H groups in total. The third kappa shape index (κ3) is 7.11. The van der Waals surface area contributed by atoms with Gasteiger partial charge >= 0.3 is 5.97 Å². The fourth-order valence-electron chi connectivity index (χ4n) is 4.17. The first kappa shape index (κ1) is 29.8. The molecule has 1 aromatic heterocycles. The van der Waals surface area contributed by atoms with Gasteiger partial charge in [-0.2, -0.15) is 13.8 Å². The Morgan fingerprint density at radius 2 is 1.74 bits per heavy atom. The molecular formula is C27H30F2N8O5. The molecule has 1 fully saturated rings. The quantitative estimate of drug-likeness (QED) is 0.133. The van der Waals surface area contributed by atoms with Crippen LogP contribution < -0.4 is 31.6 Å². The second kappa shape index (κ2) is 13.0. The largest absolute Gasteiger partial charge is 0.504 e. The maximum absolute atomic E-state index is 15.9. The van der Waals surface area contributed by atoms with Crippen LogP contribution in [0.15, 0.2) is 47.5 Å². The number of phenolic OH excluding ortho intramolecular Hbond substituents is 1. The second-order valence-electron chi connectivity index (χ2n) is 9.10. The topological polar surface area (TPSA) is 199 Å². The molecule has 1 aliphatic heterocycles. The number of nitrogens with zero attached hydrogens (tertiary/aromatic N) is 4. The van der Waals surface area contributed by atoms with Gasteiger partial charge in [0, 0.05) is 37.8 Å². The number of hydrogen-bond acceptors (Lipinski definition) is 10. The highest BCUT2D eigenvalue weighted by Gasteiger charge is 2.30. The third-order valence-electron chi connectivity index (χ3n) is 6.11. The van der Waals surface area contributed by atoms with Crippen molar-refractivity contribution in [3.05, 3.63) is 59.7 Å². The number of nitrogen functional groups attached to an aromatic ring is 1. The molecule has 42 heavy (non-hydrogen) atoms. The Hall–Kier alpha value is -5.18. The predicted octanol–water partition coefficient (Wildman–Crippen LogP) is 2.52. The highest BCUT2D eigenvalue weighted by atomic mass is 19.1. The van der Waals surface area contributed by atoms with Gasteiger partial charge in [0.15, 0.2) is 17.5 Å². The predicted molar refractivity (Wildman–Crippen MR) is 151 cm³/mol. The van der Waals surface area contributed by atoms with E-state index in [1.165, 1.54) is 35.2 Å². The summed E-state index contributed by atoms with van der Waals surface area (Å²) in [6, 6.07) is 9.86. The van der Waals surface area contributed by atoms with Crippen molar-refractivity contribution in [2.24, 2.45) is 22.2 Å². The summed E-state index contributed by atoms with van der Waals surface area (Å²) < 4.78 is 48.1. The number of aromatic hydroxyl groups is 1. The number of piperazine rings is 1. The summed E-state index contributed by atoms with van der Waals surface area (Å²) >= 11 is 0.